The van der Waals surface area contributed by atoms with E-state index in [1.54, 1.807) is 0 Å². The first-order valence-corrected chi connectivity index (χ1v) is 17.6. The number of likely N-dealkylation sites (tertiary alicyclic amines) is 1. The Morgan fingerprint density at radius 3 is 2.48 bits per heavy atom. The Labute approximate surface area is 266 Å². The number of rotatable bonds is 10. The molecule has 1 aromatic carbocycles. The van der Waals surface area contributed by atoms with Gasteiger partial charge in [-0.1, -0.05) is 37.3 Å². The Bertz CT molecular complexity index is 1490. The summed E-state index contributed by atoms with van der Waals surface area (Å²) in [5, 5.41) is 0. The fourth-order valence-electron chi connectivity index (χ4n) is 7.70. The highest BCUT2D eigenvalue weighted by atomic mass is 32.1. The van der Waals surface area contributed by atoms with Gasteiger partial charge in [0.25, 0.3) is 5.91 Å². The Hall–Kier alpha value is -2.74. The summed E-state index contributed by atoms with van der Waals surface area (Å²) in [6, 6.07) is 13.0. The van der Waals surface area contributed by atoms with E-state index in [1.807, 2.05) is 41.4 Å². The minimum atomic E-state index is 0.164. The van der Waals surface area contributed by atoms with Gasteiger partial charge in [-0.05, 0) is 93.9 Å². The van der Waals surface area contributed by atoms with Crippen LogP contribution in [0.15, 0.2) is 36.4 Å². The average Bonchev–Trinajstić information content (AvgIpc) is 3.77. The monoisotopic (exact) mass is 613 g/mol. The largest absolute Gasteiger partial charge is 0.473 e. The normalized spacial score (nSPS) is 23.4. The van der Waals surface area contributed by atoms with E-state index < -0.39 is 0 Å². The molecule has 7 heteroatoms. The third kappa shape index (κ3) is 6.20. The van der Waals surface area contributed by atoms with Crippen molar-refractivity contribution in [3.05, 3.63) is 79.7 Å². The summed E-state index contributed by atoms with van der Waals surface area (Å²) in [7, 11) is 0. The number of nitrogens with zero attached hydrogens (tertiary/aromatic N) is 3. The fraction of sp³-hybridized carbons (Fsp3) is 0.568. The molecular formula is C37H47N3O3S. The van der Waals surface area contributed by atoms with Gasteiger partial charge < -0.3 is 14.4 Å². The molecule has 2 aromatic heterocycles. The van der Waals surface area contributed by atoms with E-state index in [4.69, 9.17) is 14.5 Å². The second-order valence-corrected chi connectivity index (χ2v) is 14.9. The molecule has 0 N–H and O–H groups in total. The van der Waals surface area contributed by atoms with Crippen molar-refractivity contribution in [2.75, 3.05) is 19.6 Å². The molecule has 0 radical (unpaired) electrons. The Kier molecular flexibility index (Phi) is 8.55. The van der Waals surface area contributed by atoms with Crippen molar-refractivity contribution in [1.82, 2.24) is 14.8 Å². The van der Waals surface area contributed by atoms with Crippen molar-refractivity contribution in [3.8, 4) is 5.88 Å². The van der Waals surface area contributed by atoms with Crippen LogP contribution in [0.5, 0.6) is 5.88 Å². The van der Waals surface area contributed by atoms with Gasteiger partial charge in [-0.2, -0.15) is 0 Å². The van der Waals surface area contributed by atoms with Crippen LogP contribution in [0.2, 0.25) is 0 Å². The van der Waals surface area contributed by atoms with Crippen molar-refractivity contribution in [2.24, 2.45) is 5.92 Å². The van der Waals surface area contributed by atoms with Gasteiger partial charge in [0.15, 0.2) is 0 Å². The quantitative estimate of drug-likeness (QED) is 0.239. The lowest BCUT2D eigenvalue weighted by molar-refractivity contribution is -0.0860. The Morgan fingerprint density at radius 1 is 1.00 bits per heavy atom. The number of fused-ring (bicyclic) bond motifs is 1. The maximum Gasteiger partial charge on any atom is 0.255 e. The van der Waals surface area contributed by atoms with Crippen molar-refractivity contribution in [1.29, 1.82) is 0 Å². The molecule has 4 aliphatic rings. The first kappa shape index (κ1) is 29.9. The van der Waals surface area contributed by atoms with Crippen LogP contribution in [0.25, 0.3) is 0 Å². The second-order valence-electron chi connectivity index (χ2n) is 13.8. The average molecular weight is 614 g/mol. The van der Waals surface area contributed by atoms with Gasteiger partial charge in [0.1, 0.15) is 6.61 Å². The number of amides is 1. The zero-order valence-corrected chi connectivity index (χ0v) is 27.6. The summed E-state index contributed by atoms with van der Waals surface area (Å²) >= 11 is 1.91. The number of carbonyl (C=O) groups is 1. The van der Waals surface area contributed by atoms with E-state index in [-0.39, 0.29) is 5.91 Å². The van der Waals surface area contributed by atoms with Gasteiger partial charge in [-0.3, -0.25) is 9.69 Å². The van der Waals surface area contributed by atoms with Crippen LogP contribution in [0.3, 0.4) is 0 Å². The van der Waals surface area contributed by atoms with Crippen molar-refractivity contribution < 1.29 is 14.3 Å². The molecule has 7 rings (SSSR count). The topological polar surface area (TPSA) is 54.9 Å². The van der Waals surface area contributed by atoms with Crippen molar-refractivity contribution in [2.45, 2.75) is 110 Å². The zero-order valence-electron chi connectivity index (χ0n) is 26.8. The predicted octanol–water partition coefficient (Wildman–Crippen LogP) is 7.37. The molecule has 0 bridgehead atoms. The van der Waals surface area contributed by atoms with Gasteiger partial charge in [-0.15, -0.1) is 11.3 Å². The van der Waals surface area contributed by atoms with Crippen LogP contribution >= 0.6 is 11.3 Å². The first-order chi connectivity index (χ1) is 21.3. The van der Waals surface area contributed by atoms with Crippen LogP contribution in [0.4, 0.5) is 0 Å². The van der Waals surface area contributed by atoms with E-state index >= 15 is 0 Å². The molecule has 44 heavy (non-hydrogen) atoms. The Balaban J connectivity index is 1.000. The SMILES string of the molecule is Cc1cc(C)c(CN2CCc3sc(C(C)C4CCC(N5CC(OC6CC6)C5)CC4)c(C)c3C2=O)c(OCc2ccccc2)n1. The molecule has 2 saturated carbocycles. The molecule has 3 fully saturated rings. The number of thiophene rings is 1. The number of pyridine rings is 1. The standard InChI is InChI=1S/C37H47N3O3S/c1-23-18-24(2)38-36(42-22-27-8-6-5-7-9-27)32(23)21-39-17-16-33-34(37(39)41)26(4)35(44-33)25(3)28-10-12-29(13-11-28)40-19-31(20-40)43-30-14-15-30/h5-9,18,25,28-31H,10-17,19-22H2,1-4H3. The number of carbonyl (C=O) groups excluding carboxylic acids is 1. The summed E-state index contributed by atoms with van der Waals surface area (Å²) in [5.41, 5.74) is 6.35. The highest BCUT2D eigenvalue weighted by Crippen LogP contribution is 2.44. The maximum absolute atomic E-state index is 14.0. The molecule has 6 nitrogen and oxygen atoms in total. The molecule has 1 amide bonds. The summed E-state index contributed by atoms with van der Waals surface area (Å²) in [6.45, 7) is 12.7. The second kappa shape index (κ2) is 12.6. The van der Waals surface area contributed by atoms with Gasteiger partial charge in [0.05, 0.1) is 24.3 Å². The van der Waals surface area contributed by atoms with E-state index in [1.165, 1.54) is 53.8 Å². The minimum Gasteiger partial charge on any atom is -0.473 e. The lowest BCUT2D eigenvalue weighted by atomic mass is 9.76. The van der Waals surface area contributed by atoms with Crippen LogP contribution in [0.1, 0.15) is 99.4 Å². The fourth-order valence-corrected chi connectivity index (χ4v) is 9.13. The molecule has 1 saturated heterocycles. The molecule has 1 unspecified atom stereocenters. The molecule has 1 atom stereocenters. The summed E-state index contributed by atoms with van der Waals surface area (Å²) < 4.78 is 12.4. The van der Waals surface area contributed by atoms with Gasteiger partial charge >= 0.3 is 0 Å². The van der Waals surface area contributed by atoms with Crippen LogP contribution in [0, 0.1) is 26.7 Å². The molecule has 2 aliphatic heterocycles. The predicted molar refractivity (Wildman–Crippen MR) is 176 cm³/mol. The molecule has 0 spiro atoms. The van der Waals surface area contributed by atoms with E-state index in [2.05, 4.69) is 43.9 Å². The third-order valence-corrected chi connectivity index (χ3v) is 12.1. The number of ether oxygens (including phenoxy) is 2. The molecule has 4 heterocycles. The molecule has 234 valence electrons. The summed E-state index contributed by atoms with van der Waals surface area (Å²) in [4.78, 5) is 26.2. The lowest BCUT2D eigenvalue weighted by Crippen LogP contribution is -2.57. The number of aromatic nitrogens is 1. The zero-order chi connectivity index (χ0) is 30.4. The van der Waals surface area contributed by atoms with Crippen LogP contribution in [-0.4, -0.2) is 58.6 Å². The van der Waals surface area contributed by atoms with E-state index in [0.29, 0.717) is 43.1 Å². The molecule has 2 aliphatic carbocycles. The highest BCUT2D eigenvalue weighted by molar-refractivity contribution is 7.12. The van der Waals surface area contributed by atoms with Gasteiger partial charge in [0.2, 0.25) is 5.88 Å². The van der Waals surface area contributed by atoms with Crippen molar-refractivity contribution >= 4 is 17.2 Å². The number of hydrogen-bond donors (Lipinski definition) is 0. The van der Waals surface area contributed by atoms with Gasteiger partial charge in [-0.25, -0.2) is 4.98 Å². The number of aryl methyl sites for hydroxylation is 2. The maximum atomic E-state index is 14.0. The van der Waals surface area contributed by atoms with E-state index in [0.717, 1.165) is 60.0 Å². The van der Waals surface area contributed by atoms with E-state index in [9.17, 15) is 4.79 Å². The minimum absolute atomic E-state index is 0.164. The third-order valence-electron chi connectivity index (χ3n) is 10.5. The Morgan fingerprint density at radius 2 is 1.75 bits per heavy atom. The number of benzene rings is 1. The van der Waals surface area contributed by atoms with Crippen LogP contribution in [-0.2, 0) is 24.3 Å². The van der Waals surface area contributed by atoms with Crippen LogP contribution < -0.4 is 4.74 Å². The summed E-state index contributed by atoms with van der Waals surface area (Å²) in [6.07, 6.45) is 9.65. The number of hydrogen-bond acceptors (Lipinski definition) is 6. The first-order valence-electron chi connectivity index (χ1n) is 16.8. The highest BCUT2D eigenvalue weighted by Gasteiger charge is 2.39. The molecule has 3 aromatic rings. The smallest absolute Gasteiger partial charge is 0.255 e. The summed E-state index contributed by atoms with van der Waals surface area (Å²) in [5.74, 6) is 2.00. The van der Waals surface area contributed by atoms with Gasteiger partial charge in [0, 0.05) is 53.1 Å². The lowest BCUT2D eigenvalue weighted by Gasteiger charge is -2.47. The van der Waals surface area contributed by atoms with Crippen molar-refractivity contribution in [3.63, 3.8) is 0 Å². The molecular weight excluding hydrogens is 566 g/mol.